The molecule has 0 aliphatic rings. The van der Waals surface area contributed by atoms with Gasteiger partial charge < -0.3 is 10.5 Å². The SMILES string of the molecule is CCn1nc(C)cc1COCc1ccc(N)cc1. The molecule has 1 heterocycles. The lowest BCUT2D eigenvalue weighted by Gasteiger charge is -2.06. The summed E-state index contributed by atoms with van der Waals surface area (Å²) in [6.07, 6.45) is 0. The Hall–Kier alpha value is -1.81. The number of anilines is 1. The molecule has 0 atom stereocenters. The van der Waals surface area contributed by atoms with E-state index >= 15 is 0 Å². The first-order chi connectivity index (χ1) is 8.69. The number of nitrogens with zero attached hydrogens (tertiary/aromatic N) is 2. The van der Waals surface area contributed by atoms with Crippen molar-refractivity contribution in [2.24, 2.45) is 0 Å². The molecule has 0 saturated carbocycles. The van der Waals surface area contributed by atoms with Crippen molar-refractivity contribution in [3.63, 3.8) is 0 Å². The van der Waals surface area contributed by atoms with E-state index in [4.69, 9.17) is 10.5 Å². The quantitative estimate of drug-likeness (QED) is 0.823. The second-order valence-corrected chi connectivity index (χ2v) is 4.33. The Morgan fingerprint density at radius 2 is 1.94 bits per heavy atom. The number of rotatable bonds is 5. The van der Waals surface area contributed by atoms with E-state index in [1.54, 1.807) is 0 Å². The van der Waals surface area contributed by atoms with E-state index in [0.29, 0.717) is 13.2 Å². The molecule has 4 nitrogen and oxygen atoms in total. The molecule has 0 saturated heterocycles. The fraction of sp³-hybridized carbons (Fsp3) is 0.357. The molecular weight excluding hydrogens is 226 g/mol. The molecular formula is C14H19N3O. The summed E-state index contributed by atoms with van der Waals surface area (Å²) in [7, 11) is 0. The van der Waals surface area contributed by atoms with Crippen LogP contribution in [0, 0.1) is 6.92 Å². The van der Waals surface area contributed by atoms with Gasteiger partial charge in [0.25, 0.3) is 0 Å². The number of aryl methyl sites for hydroxylation is 2. The molecule has 96 valence electrons. The fourth-order valence-corrected chi connectivity index (χ4v) is 1.88. The van der Waals surface area contributed by atoms with Crippen molar-refractivity contribution in [1.29, 1.82) is 0 Å². The van der Waals surface area contributed by atoms with Crippen LogP contribution in [0.2, 0.25) is 0 Å². The third kappa shape index (κ3) is 3.11. The second kappa shape index (κ2) is 5.69. The fourth-order valence-electron chi connectivity index (χ4n) is 1.88. The van der Waals surface area contributed by atoms with Gasteiger partial charge in [0.15, 0.2) is 0 Å². The monoisotopic (exact) mass is 245 g/mol. The van der Waals surface area contributed by atoms with Crippen molar-refractivity contribution in [2.45, 2.75) is 33.6 Å². The molecule has 2 aromatic rings. The average molecular weight is 245 g/mol. The number of aromatic nitrogens is 2. The molecule has 0 unspecified atom stereocenters. The summed E-state index contributed by atoms with van der Waals surface area (Å²) >= 11 is 0. The Balaban J connectivity index is 1.90. The van der Waals surface area contributed by atoms with Gasteiger partial charge in [-0.25, -0.2) is 0 Å². The maximum absolute atomic E-state index is 5.70. The molecule has 18 heavy (non-hydrogen) atoms. The van der Waals surface area contributed by atoms with E-state index < -0.39 is 0 Å². The van der Waals surface area contributed by atoms with Crippen LogP contribution in [0.1, 0.15) is 23.9 Å². The third-order valence-electron chi connectivity index (χ3n) is 2.78. The smallest absolute Gasteiger partial charge is 0.0889 e. The number of nitrogen functional groups attached to an aromatic ring is 1. The largest absolute Gasteiger partial charge is 0.399 e. The molecule has 1 aromatic carbocycles. The molecule has 0 aliphatic heterocycles. The van der Waals surface area contributed by atoms with Crippen molar-refractivity contribution < 1.29 is 4.74 Å². The Morgan fingerprint density at radius 3 is 2.61 bits per heavy atom. The van der Waals surface area contributed by atoms with Crippen LogP contribution in [0.3, 0.4) is 0 Å². The van der Waals surface area contributed by atoms with E-state index in [-0.39, 0.29) is 0 Å². The van der Waals surface area contributed by atoms with Gasteiger partial charge in [-0.2, -0.15) is 5.10 Å². The zero-order valence-corrected chi connectivity index (χ0v) is 10.9. The van der Waals surface area contributed by atoms with E-state index in [1.165, 1.54) is 0 Å². The van der Waals surface area contributed by atoms with E-state index in [1.807, 2.05) is 35.9 Å². The van der Waals surface area contributed by atoms with Gasteiger partial charge in [0, 0.05) is 12.2 Å². The van der Waals surface area contributed by atoms with Crippen LogP contribution in [0.15, 0.2) is 30.3 Å². The van der Waals surface area contributed by atoms with Crippen molar-refractivity contribution in [3.8, 4) is 0 Å². The van der Waals surface area contributed by atoms with Gasteiger partial charge >= 0.3 is 0 Å². The van der Waals surface area contributed by atoms with Crippen molar-refractivity contribution in [2.75, 3.05) is 5.73 Å². The van der Waals surface area contributed by atoms with Crippen LogP contribution in [-0.2, 0) is 24.5 Å². The lowest BCUT2D eigenvalue weighted by Crippen LogP contribution is -2.04. The molecule has 1 aromatic heterocycles. The summed E-state index contributed by atoms with van der Waals surface area (Å²) in [6, 6.07) is 9.81. The van der Waals surface area contributed by atoms with Crippen LogP contribution >= 0.6 is 0 Å². The third-order valence-corrected chi connectivity index (χ3v) is 2.78. The Morgan fingerprint density at radius 1 is 1.22 bits per heavy atom. The summed E-state index contributed by atoms with van der Waals surface area (Å²) in [6.45, 7) is 6.12. The minimum Gasteiger partial charge on any atom is -0.399 e. The predicted molar refractivity (Wildman–Crippen MR) is 72.0 cm³/mol. The first-order valence-electron chi connectivity index (χ1n) is 6.14. The maximum atomic E-state index is 5.70. The lowest BCUT2D eigenvalue weighted by atomic mass is 10.2. The average Bonchev–Trinajstić information content (AvgIpc) is 2.72. The first kappa shape index (κ1) is 12.6. The Kier molecular flexibility index (Phi) is 3.99. The van der Waals surface area contributed by atoms with Gasteiger partial charge in [0.05, 0.1) is 24.6 Å². The lowest BCUT2D eigenvalue weighted by molar-refractivity contribution is 0.101. The van der Waals surface area contributed by atoms with Crippen molar-refractivity contribution in [1.82, 2.24) is 9.78 Å². The van der Waals surface area contributed by atoms with Crippen molar-refractivity contribution in [3.05, 3.63) is 47.3 Å². The first-order valence-corrected chi connectivity index (χ1v) is 6.14. The van der Waals surface area contributed by atoms with Crippen LogP contribution in [0.5, 0.6) is 0 Å². The van der Waals surface area contributed by atoms with Gasteiger partial charge in [-0.05, 0) is 37.6 Å². The summed E-state index contributed by atoms with van der Waals surface area (Å²) < 4.78 is 7.67. The summed E-state index contributed by atoms with van der Waals surface area (Å²) in [4.78, 5) is 0. The van der Waals surface area contributed by atoms with E-state index in [9.17, 15) is 0 Å². The number of ether oxygens (including phenoxy) is 1. The topological polar surface area (TPSA) is 53.1 Å². The number of hydrogen-bond acceptors (Lipinski definition) is 3. The normalized spacial score (nSPS) is 10.8. The zero-order valence-electron chi connectivity index (χ0n) is 10.9. The molecule has 2 rings (SSSR count). The molecule has 0 bridgehead atoms. The molecule has 0 aliphatic carbocycles. The predicted octanol–water partition coefficient (Wildman–Crippen LogP) is 2.51. The van der Waals surface area contributed by atoms with Gasteiger partial charge in [0.1, 0.15) is 0 Å². The van der Waals surface area contributed by atoms with Gasteiger partial charge in [0.2, 0.25) is 0 Å². The molecule has 4 heteroatoms. The highest BCUT2D eigenvalue weighted by Gasteiger charge is 2.03. The highest BCUT2D eigenvalue weighted by Crippen LogP contribution is 2.10. The van der Waals surface area contributed by atoms with E-state index in [0.717, 1.165) is 29.2 Å². The molecule has 0 radical (unpaired) electrons. The van der Waals surface area contributed by atoms with E-state index in [2.05, 4.69) is 18.1 Å². The van der Waals surface area contributed by atoms with Gasteiger partial charge in [-0.15, -0.1) is 0 Å². The minimum absolute atomic E-state index is 0.582. The number of nitrogens with two attached hydrogens (primary N) is 1. The molecule has 2 N–H and O–H groups in total. The summed E-state index contributed by atoms with van der Waals surface area (Å²) in [5, 5.41) is 4.39. The molecule has 0 fully saturated rings. The standard InChI is InChI=1S/C14H19N3O/c1-3-17-14(8-11(2)16-17)10-18-9-12-4-6-13(15)7-5-12/h4-8H,3,9-10,15H2,1-2H3. The van der Waals surface area contributed by atoms with Crippen LogP contribution < -0.4 is 5.73 Å². The number of benzene rings is 1. The van der Waals surface area contributed by atoms with Crippen LogP contribution in [-0.4, -0.2) is 9.78 Å². The van der Waals surface area contributed by atoms with Crippen LogP contribution in [0.4, 0.5) is 5.69 Å². The van der Waals surface area contributed by atoms with Crippen molar-refractivity contribution >= 4 is 5.69 Å². The van der Waals surface area contributed by atoms with Gasteiger partial charge in [-0.3, -0.25) is 4.68 Å². The van der Waals surface area contributed by atoms with Gasteiger partial charge in [-0.1, -0.05) is 12.1 Å². The number of hydrogen-bond donors (Lipinski definition) is 1. The highest BCUT2D eigenvalue weighted by molar-refractivity contribution is 5.39. The summed E-state index contributed by atoms with van der Waals surface area (Å²) in [5.41, 5.74) is 9.69. The minimum atomic E-state index is 0.582. The Bertz CT molecular complexity index is 502. The molecule has 0 spiro atoms. The second-order valence-electron chi connectivity index (χ2n) is 4.33. The maximum Gasteiger partial charge on any atom is 0.0889 e. The Labute approximate surface area is 107 Å². The summed E-state index contributed by atoms with van der Waals surface area (Å²) in [5.74, 6) is 0. The zero-order chi connectivity index (χ0) is 13.0. The van der Waals surface area contributed by atoms with Crippen LogP contribution in [0.25, 0.3) is 0 Å². The highest BCUT2D eigenvalue weighted by atomic mass is 16.5. The molecule has 0 amide bonds.